The smallest absolute Gasteiger partial charge is 0.329 e. The summed E-state index contributed by atoms with van der Waals surface area (Å²) in [6.45, 7) is -1.14. The van der Waals surface area contributed by atoms with Gasteiger partial charge in [0.15, 0.2) is 5.82 Å². The molecular weight excluding hydrogens is 318 g/mol. The molecule has 0 radical (unpaired) electrons. The predicted octanol–water partition coefficient (Wildman–Crippen LogP) is 1.59. The molecular formula is C13H12F2N2O4S. The Kier molecular flexibility index (Phi) is 4.45. The molecule has 0 unspecified atom stereocenters. The van der Waals surface area contributed by atoms with Gasteiger partial charge < -0.3 is 9.94 Å². The van der Waals surface area contributed by atoms with Gasteiger partial charge in [-0.15, -0.1) is 0 Å². The van der Waals surface area contributed by atoms with Crippen molar-refractivity contribution in [2.75, 3.05) is 18.2 Å². The van der Waals surface area contributed by atoms with E-state index in [1.807, 2.05) is 0 Å². The fourth-order valence-corrected chi connectivity index (χ4v) is 3.02. The van der Waals surface area contributed by atoms with Crippen LogP contribution in [0.3, 0.4) is 0 Å². The quantitative estimate of drug-likeness (QED) is 0.616. The first-order valence-electron chi connectivity index (χ1n) is 6.03. The summed E-state index contributed by atoms with van der Waals surface area (Å²) in [6.07, 6.45) is 0.505. The number of benzene rings is 1. The van der Waals surface area contributed by atoms with Crippen LogP contribution in [0.4, 0.5) is 14.5 Å². The number of anilines is 1. The van der Waals surface area contributed by atoms with Crippen molar-refractivity contribution in [1.29, 1.82) is 0 Å². The van der Waals surface area contributed by atoms with Crippen LogP contribution in [0.5, 0.6) is 5.75 Å². The highest BCUT2D eigenvalue weighted by atomic mass is 32.2. The lowest BCUT2D eigenvalue weighted by molar-refractivity contribution is -0.648. The molecule has 6 nitrogen and oxygen atoms in total. The number of halogens is 2. The molecule has 1 heterocycles. The third kappa shape index (κ3) is 2.93. The minimum Gasteiger partial charge on any atom is -0.618 e. The lowest BCUT2D eigenvalue weighted by Crippen LogP contribution is -2.40. The zero-order valence-corrected chi connectivity index (χ0v) is 12.3. The van der Waals surface area contributed by atoms with Crippen LogP contribution in [0, 0.1) is 11.0 Å². The Balaban J connectivity index is 2.50. The second kappa shape index (κ2) is 6.14. The molecule has 0 saturated carbocycles. The molecule has 1 aromatic heterocycles. The van der Waals surface area contributed by atoms with Crippen molar-refractivity contribution in [3.63, 3.8) is 0 Å². The van der Waals surface area contributed by atoms with Crippen molar-refractivity contribution in [3.05, 3.63) is 53.6 Å². The Morgan fingerprint density at radius 2 is 1.95 bits per heavy atom. The van der Waals surface area contributed by atoms with Crippen LogP contribution in [-0.4, -0.2) is 22.3 Å². The van der Waals surface area contributed by atoms with Gasteiger partial charge in [-0.1, -0.05) is 12.1 Å². The van der Waals surface area contributed by atoms with Crippen LogP contribution in [0.2, 0.25) is 0 Å². The molecule has 1 aromatic carbocycles. The third-order valence-corrected chi connectivity index (χ3v) is 4.64. The van der Waals surface area contributed by atoms with Gasteiger partial charge in [-0.05, 0) is 18.2 Å². The largest absolute Gasteiger partial charge is 0.618 e. The Morgan fingerprint density at radius 1 is 1.27 bits per heavy atom. The van der Waals surface area contributed by atoms with Gasteiger partial charge in [0.25, 0.3) is 0 Å². The molecule has 9 heteroatoms. The average molecular weight is 330 g/mol. The van der Waals surface area contributed by atoms with Gasteiger partial charge in [0.05, 0.1) is 5.69 Å². The van der Waals surface area contributed by atoms with E-state index in [0.717, 1.165) is 16.4 Å². The molecule has 0 N–H and O–H groups in total. The number of pyridine rings is 1. The number of para-hydroxylation sites is 2. The summed E-state index contributed by atoms with van der Waals surface area (Å²) in [5.41, 5.74) is 0.0458. The van der Waals surface area contributed by atoms with Crippen LogP contribution in [0.15, 0.2) is 47.6 Å². The van der Waals surface area contributed by atoms with E-state index in [1.165, 1.54) is 25.2 Å². The molecule has 2 aromatic rings. The topological polar surface area (TPSA) is 73.5 Å². The molecule has 0 aliphatic rings. The summed E-state index contributed by atoms with van der Waals surface area (Å²) in [7, 11) is -3.09. The Hall–Kier alpha value is -2.42. The fraction of sp³-hybridized carbons (Fsp3) is 0.154. The lowest BCUT2D eigenvalue weighted by atomic mass is 10.3. The normalized spacial score (nSPS) is 11.2. The van der Waals surface area contributed by atoms with E-state index in [4.69, 9.17) is 4.74 Å². The van der Waals surface area contributed by atoms with Crippen molar-refractivity contribution >= 4 is 15.7 Å². The molecule has 118 valence electrons. The molecule has 0 amide bonds. The number of ether oxygens (including phenoxy) is 1. The number of rotatable bonds is 5. The summed E-state index contributed by atoms with van der Waals surface area (Å²) >= 11 is 0. The maximum Gasteiger partial charge on any atom is 0.329 e. The molecule has 0 saturated heterocycles. The monoisotopic (exact) mass is 330 g/mol. The molecule has 0 aliphatic carbocycles. The summed E-state index contributed by atoms with van der Waals surface area (Å²) in [5, 5.41) is 11.0. The van der Waals surface area contributed by atoms with Gasteiger partial charge >= 0.3 is 15.0 Å². The minimum absolute atomic E-state index is 0.00404. The van der Waals surface area contributed by atoms with E-state index in [9.17, 15) is 22.4 Å². The van der Waals surface area contributed by atoms with Crippen LogP contribution < -0.4 is 13.8 Å². The molecule has 0 aliphatic heterocycles. The highest BCUT2D eigenvalue weighted by Crippen LogP contribution is 2.30. The summed E-state index contributed by atoms with van der Waals surface area (Å²) in [5.74, 6) is -0.867. The first-order valence-corrected chi connectivity index (χ1v) is 7.47. The van der Waals surface area contributed by atoms with E-state index in [1.54, 1.807) is 6.07 Å². The minimum atomic E-state index is -4.27. The number of aromatic nitrogens is 1. The van der Waals surface area contributed by atoms with Crippen LogP contribution in [-0.2, 0) is 10.0 Å². The van der Waals surface area contributed by atoms with Crippen molar-refractivity contribution in [2.45, 2.75) is 5.03 Å². The average Bonchev–Trinajstić information content (AvgIpc) is 2.47. The molecule has 0 spiro atoms. The summed E-state index contributed by atoms with van der Waals surface area (Å²) < 4.78 is 55.6. The lowest BCUT2D eigenvalue weighted by Gasteiger charge is -2.20. The van der Waals surface area contributed by atoms with E-state index >= 15 is 0 Å². The predicted molar refractivity (Wildman–Crippen MR) is 74.0 cm³/mol. The molecule has 0 fully saturated rings. The second-order valence-electron chi connectivity index (χ2n) is 4.21. The Morgan fingerprint density at radius 3 is 2.59 bits per heavy atom. The van der Waals surface area contributed by atoms with Gasteiger partial charge in [-0.3, -0.25) is 4.31 Å². The summed E-state index contributed by atoms with van der Waals surface area (Å²) in [4.78, 5) is 0. The third-order valence-electron chi connectivity index (χ3n) is 2.88. The number of hydrogen-bond donors (Lipinski definition) is 0. The maximum absolute atomic E-state index is 12.9. The zero-order chi connectivity index (χ0) is 16.3. The first-order chi connectivity index (χ1) is 10.4. The van der Waals surface area contributed by atoms with Crippen LogP contribution in [0.25, 0.3) is 0 Å². The number of hydrogen-bond acceptors (Lipinski definition) is 4. The SMILES string of the molecule is CN(c1ccccc1OCF)S(=O)(=O)c1ccc(F)c[n+]1[O-]. The number of alkyl halides is 1. The number of sulfonamides is 1. The molecule has 0 atom stereocenters. The van der Waals surface area contributed by atoms with Gasteiger partial charge in [0.2, 0.25) is 13.1 Å². The van der Waals surface area contributed by atoms with Crippen LogP contribution in [0.1, 0.15) is 0 Å². The van der Waals surface area contributed by atoms with E-state index in [0.29, 0.717) is 6.20 Å². The standard InChI is InChI=1S/C13H12F2N2O4S/c1-16(11-4-2-3-5-12(11)21-9-14)22(19,20)13-7-6-10(15)8-17(13)18/h2-8H,9H2,1H3. The number of nitrogens with zero attached hydrogens (tertiary/aromatic N) is 2. The first kappa shape index (κ1) is 16.0. The Bertz CT molecular complexity index is 783. The molecule has 22 heavy (non-hydrogen) atoms. The maximum atomic E-state index is 12.9. The second-order valence-corrected chi connectivity index (χ2v) is 6.12. The van der Waals surface area contributed by atoms with E-state index < -0.39 is 27.7 Å². The van der Waals surface area contributed by atoms with Crippen molar-refractivity contribution in [2.24, 2.45) is 0 Å². The highest BCUT2D eigenvalue weighted by molar-refractivity contribution is 7.92. The summed E-state index contributed by atoms with van der Waals surface area (Å²) in [6, 6.07) is 7.56. The van der Waals surface area contributed by atoms with Crippen molar-refractivity contribution < 1.29 is 26.7 Å². The van der Waals surface area contributed by atoms with E-state index in [-0.39, 0.29) is 16.2 Å². The van der Waals surface area contributed by atoms with Crippen molar-refractivity contribution in [3.8, 4) is 5.75 Å². The van der Waals surface area contributed by atoms with Crippen molar-refractivity contribution in [1.82, 2.24) is 0 Å². The van der Waals surface area contributed by atoms with Gasteiger partial charge in [0, 0.05) is 13.1 Å². The van der Waals surface area contributed by atoms with Crippen LogP contribution >= 0.6 is 0 Å². The zero-order valence-electron chi connectivity index (χ0n) is 11.4. The molecule has 0 bridgehead atoms. The van der Waals surface area contributed by atoms with Gasteiger partial charge in [0.1, 0.15) is 5.75 Å². The van der Waals surface area contributed by atoms with Gasteiger partial charge in [-0.25, -0.2) is 8.78 Å². The highest BCUT2D eigenvalue weighted by Gasteiger charge is 2.31. The fourth-order valence-electron chi connectivity index (χ4n) is 1.81. The van der Waals surface area contributed by atoms with E-state index in [2.05, 4.69) is 0 Å². The van der Waals surface area contributed by atoms with Gasteiger partial charge in [-0.2, -0.15) is 13.1 Å². The Labute approximate surface area is 125 Å². The molecule has 2 rings (SSSR count).